The van der Waals surface area contributed by atoms with Gasteiger partial charge in [-0.05, 0) is 49.1 Å². The number of hydrogen-bond acceptors (Lipinski definition) is 2. The molecular formula is C22H23Cl3N2S. The molecule has 1 heterocycles. The SMILES string of the molecule is CCCC(CCc1ccc(Cl)cc1)(Cn1ccnc1)Sc1c(Cl)cccc1Cl. The summed E-state index contributed by atoms with van der Waals surface area (Å²) in [6.45, 7) is 3.07. The minimum absolute atomic E-state index is 0.0519. The summed E-state index contributed by atoms with van der Waals surface area (Å²) in [5, 5.41) is 2.17. The first-order chi connectivity index (χ1) is 13.5. The van der Waals surface area contributed by atoms with E-state index in [1.165, 1.54) is 5.56 Å². The van der Waals surface area contributed by atoms with E-state index in [-0.39, 0.29) is 4.75 Å². The molecular weight excluding hydrogens is 431 g/mol. The predicted molar refractivity (Wildman–Crippen MR) is 122 cm³/mol. The molecule has 3 rings (SSSR count). The Morgan fingerprint density at radius 1 is 1.00 bits per heavy atom. The maximum absolute atomic E-state index is 6.51. The molecule has 28 heavy (non-hydrogen) atoms. The Labute approximate surface area is 186 Å². The van der Waals surface area contributed by atoms with Crippen molar-refractivity contribution >= 4 is 46.6 Å². The van der Waals surface area contributed by atoms with Gasteiger partial charge in [0.15, 0.2) is 0 Å². The lowest BCUT2D eigenvalue weighted by Gasteiger charge is -2.34. The zero-order valence-electron chi connectivity index (χ0n) is 15.7. The van der Waals surface area contributed by atoms with Crippen LogP contribution >= 0.6 is 46.6 Å². The van der Waals surface area contributed by atoms with Crippen molar-refractivity contribution in [3.8, 4) is 0 Å². The van der Waals surface area contributed by atoms with Crippen molar-refractivity contribution in [2.75, 3.05) is 0 Å². The second kappa shape index (κ2) is 10.1. The van der Waals surface area contributed by atoms with Gasteiger partial charge in [0.25, 0.3) is 0 Å². The van der Waals surface area contributed by atoms with Crippen LogP contribution in [0.2, 0.25) is 15.1 Å². The molecule has 0 spiro atoms. The van der Waals surface area contributed by atoms with Gasteiger partial charge in [0, 0.05) is 33.6 Å². The standard InChI is InChI=1S/C22H23Cl3N2S/c1-2-11-22(15-27-14-13-26-16-27,12-10-17-6-8-18(23)9-7-17)28-21-19(24)4-3-5-20(21)25/h3-9,13-14,16H,2,10-12,15H2,1H3. The average molecular weight is 454 g/mol. The van der Waals surface area contributed by atoms with Crippen molar-refractivity contribution in [2.45, 2.75) is 48.8 Å². The Hall–Kier alpha value is -1.13. The molecule has 0 amide bonds. The molecule has 2 aromatic carbocycles. The lowest BCUT2D eigenvalue weighted by Crippen LogP contribution is -2.31. The lowest BCUT2D eigenvalue weighted by molar-refractivity contribution is 0.429. The van der Waals surface area contributed by atoms with Crippen molar-refractivity contribution in [3.05, 3.63) is 81.8 Å². The molecule has 1 atom stereocenters. The predicted octanol–water partition coefficient (Wildman–Crippen LogP) is 7.81. The number of rotatable bonds is 9. The Morgan fingerprint density at radius 2 is 1.71 bits per heavy atom. The Balaban J connectivity index is 1.91. The van der Waals surface area contributed by atoms with Crippen molar-refractivity contribution in [1.82, 2.24) is 9.55 Å². The van der Waals surface area contributed by atoms with Gasteiger partial charge in [-0.2, -0.15) is 0 Å². The number of thioether (sulfide) groups is 1. The number of hydrogen-bond donors (Lipinski definition) is 0. The molecule has 0 saturated heterocycles. The highest BCUT2D eigenvalue weighted by Crippen LogP contribution is 2.46. The summed E-state index contributed by atoms with van der Waals surface area (Å²) in [6, 6.07) is 13.8. The number of imidazole rings is 1. The highest BCUT2D eigenvalue weighted by Gasteiger charge is 2.32. The Kier molecular flexibility index (Phi) is 7.76. The number of benzene rings is 2. The second-order valence-electron chi connectivity index (χ2n) is 6.95. The fourth-order valence-electron chi connectivity index (χ4n) is 3.41. The van der Waals surface area contributed by atoms with Crippen molar-refractivity contribution in [2.24, 2.45) is 0 Å². The van der Waals surface area contributed by atoms with Crippen molar-refractivity contribution < 1.29 is 0 Å². The summed E-state index contributed by atoms with van der Waals surface area (Å²) < 4.78 is 2.10. The van der Waals surface area contributed by atoms with Crippen LogP contribution in [0.15, 0.2) is 66.1 Å². The zero-order chi connectivity index (χ0) is 20.0. The summed E-state index contributed by atoms with van der Waals surface area (Å²) >= 11 is 20.9. The van der Waals surface area contributed by atoms with Crippen LogP contribution < -0.4 is 0 Å². The van der Waals surface area contributed by atoms with Crippen LogP contribution in [0.1, 0.15) is 31.7 Å². The summed E-state index contributed by atoms with van der Waals surface area (Å²) in [7, 11) is 0. The molecule has 6 heteroatoms. The first-order valence-corrected chi connectivity index (χ1v) is 11.3. The highest BCUT2D eigenvalue weighted by atomic mass is 35.5. The van der Waals surface area contributed by atoms with Crippen LogP contribution in [0.4, 0.5) is 0 Å². The van der Waals surface area contributed by atoms with Gasteiger partial charge in [-0.15, -0.1) is 11.8 Å². The van der Waals surface area contributed by atoms with Gasteiger partial charge in [-0.1, -0.05) is 66.3 Å². The van der Waals surface area contributed by atoms with Crippen LogP contribution in [0.5, 0.6) is 0 Å². The van der Waals surface area contributed by atoms with E-state index in [2.05, 4.69) is 28.6 Å². The summed E-state index contributed by atoms with van der Waals surface area (Å²) in [5.41, 5.74) is 1.28. The van der Waals surface area contributed by atoms with Gasteiger partial charge in [0.05, 0.1) is 16.4 Å². The van der Waals surface area contributed by atoms with Crippen LogP contribution in [0.3, 0.4) is 0 Å². The molecule has 0 saturated carbocycles. The number of aryl methyl sites for hydroxylation is 1. The largest absolute Gasteiger partial charge is 0.336 e. The first-order valence-electron chi connectivity index (χ1n) is 9.34. The highest BCUT2D eigenvalue weighted by molar-refractivity contribution is 8.00. The topological polar surface area (TPSA) is 17.8 Å². The molecule has 2 nitrogen and oxygen atoms in total. The smallest absolute Gasteiger partial charge is 0.0946 e. The van der Waals surface area contributed by atoms with Gasteiger partial charge >= 0.3 is 0 Å². The summed E-state index contributed by atoms with van der Waals surface area (Å²) in [6.07, 6.45) is 9.79. The van der Waals surface area contributed by atoms with E-state index < -0.39 is 0 Å². The molecule has 148 valence electrons. The van der Waals surface area contributed by atoms with Crippen LogP contribution in [0.25, 0.3) is 0 Å². The third-order valence-electron chi connectivity index (χ3n) is 4.76. The Bertz CT molecular complexity index is 861. The number of aromatic nitrogens is 2. The van der Waals surface area contributed by atoms with Gasteiger partial charge in [-0.3, -0.25) is 0 Å². The molecule has 0 fully saturated rings. The quantitative estimate of drug-likeness (QED) is 0.307. The van der Waals surface area contributed by atoms with E-state index in [1.54, 1.807) is 11.8 Å². The maximum atomic E-state index is 6.51. The Morgan fingerprint density at radius 3 is 2.32 bits per heavy atom. The molecule has 0 aliphatic rings. The third kappa shape index (κ3) is 5.70. The van der Waals surface area contributed by atoms with Gasteiger partial charge in [0.2, 0.25) is 0 Å². The van der Waals surface area contributed by atoms with Crippen molar-refractivity contribution in [1.29, 1.82) is 0 Å². The van der Waals surface area contributed by atoms with E-state index in [0.717, 1.165) is 42.1 Å². The molecule has 1 aromatic heterocycles. The maximum Gasteiger partial charge on any atom is 0.0946 e. The van der Waals surface area contributed by atoms with E-state index >= 15 is 0 Å². The van der Waals surface area contributed by atoms with E-state index in [9.17, 15) is 0 Å². The average Bonchev–Trinajstić information content (AvgIpc) is 3.17. The van der Waals surface area contributed by atoms with Gasteiger partial charge < -0.3 is 4.57 Å². The fourth-order valence-corrected chi connectivity index (χ4v) is 5.65. The van der Waals surface area contributed by atoms with E-state index in [0.29, 0.717) is 10.0 Å². The molecule has 0 bridgehead atoms. The van der Waals surface area contributed by atoms with Gasteiger partial charge in [-0.25, -0.2) is 4.98 Å². The molecule has 0 aliphatic heterocycles. The van der Waals surface area contributed by atoms with E-state index in [4.69, 9.17) is 34.8 Å². The van der Waals surface area contributed by atoms with Crippen LogP contribution in [0, 0.1) is 0 Å². The van der Waals surface area contributed by atoms with Crippen LogP contribution in [-0.2, 0) is 13.0 Å². The molecule has 3 aromatic rings. The zero-order valence-corrected chi connectivity index (χ0v) is 18.8. The van der Waals surface area contributed by atoms with E-state index in [1.807, 2.05) is 49.1 Å². The van der Waals surface area contributed by atoms with Crippen molar-refractivity contribution in [3.63, 3.8) is 0 Å². The molecule has 1 unspecified atom stereocenters. The molecule has 0 radical (unpaired) electrons. The fraction of sp³-hybridized carbons (Fsp3) is 0.318. The second-order valence-corrected chi connectivity index (χ2v) is 9.68. The molecule has 0 N–H and O–H groups in total. The molecule has 0 aliphatic carbocycles. The van der Waals surface area contributed by atoms with Gasteiger partial charge in [0.1, 0.15) is 0 Å². The summed E-state index contributed by atoms with van der Waals surface area (Å²) in [4.78, 5) is 5.18. The number of halogens is 3. The minimum atomic E-state index is -0.0519. The summed E-state index contributed by atoms with van der Waals surface area (Å²) in [5.74, 6) is 0. The first kappa shape index (κ1) is 21.6. The lowest BCUT2D eigenvalue weighted by atomic mass is 9.94. The minimum Gasteiger partial charge on any atom is -0.336 e. The normalized spacial score (nSPS) is 13.4. The third-order valence-corrected chi connectivity index (χ3v) is 7.48. The number of nitrogens with zero attached hydrogens (tertiary/aromatic N) is 2. The monoisotopic (exact) mass is 452 g/mol. The van der Waals surface area contributed by atoms with Crippen LogP contribution in [-0.4, -0.2) is 14.3 Å².